The number of hydrogen-bond donors (Lipinski definition) is 2. The molecule has 0 saturated carbocycles. The maximum absolute atomic E-state index is 12.0. The first-order chi connectivity index (χ1) is 8.99. The van der Waals surface area contributed by atoms with Crippen molar-refractivity contribution < 1.29 is 4.79 Å². The summed E-state index contributed by atoms with van der Waals surface area (Å²) >= 11 is 0. The average molecular weight is 262 g/mol. The third kappa shape index (κ3) is 2.81. The number of carbonyl (C=O) groups excluding carboxylic acids is 1. The maximum atomic E-state index is 12.0. The van der Waals surface area contributed by atoms with E-state index in [2.05, 4.69) is 25.5 Å². The molecule has 2 rings (SSSR count). The largest absolute Gasteiger partial charge is 0.340 e. The van der Waals surface area contributed by atoms with Crippen LogP contribution in [0.1, 0.15) is 55.0 Å². The van der Waals surface area contributed by atoms with E-state index in [4.69, 9.17) is 0 Å². The molecule has 1 amide bonds. The Kier molecular flexibility index (Phi) is 3.64. The van der Waals surface area contributed by atoms with E-state index in [0.29, 0.717) is 5.82 Å². The molecule has 0 fully saturated rings. The maximum Gasteiger partial charge on any atom is 0.287 e. The predicted octanol–water partition coefficient (Wildman–Crippen LogP) is 1.38. The summed E-state index contributed by atoms with van der Waals surface area (Å²) in [4.78, 5) is 18.9. The number of carbonyl (C=O) groups is 1. The summed E-state index contributed by atoms with van der Waals surface area (Å²) in [6, 6.07) is 0.0121. The number of aromatic nitrogens is 5. The minimum absolute atomic E-state index is 0.234. The number of hydrogen-bond acceptors (Lipinski definition) is 4. The SMILES string of the molecule is Cc1cnc(C(=O)NC(C)c2nncn2C(C)C)[nH]1. The monoisotopic (exact) mass is 262 g/mol. The highest BCUT2D eigenvalue weighted by Gasteiger charge is 2.19. The number of imidazole rings is 1. The first-order valence-electron chi connectivity index (χ1n) is 6.21. The third-order valence-corrected chi connectivity index (χ3v) is 2.81. The molecule has 0 bridgehead atoms. The second-order valence-electron chi connectivity index (χ2n) is 4.80. The minimum atomic E-state index is -0.251. The first-order valence-corrected chi connectivity index (χ1v) is 6.21. The van der Waals surface area contributed by atoms with Gasteiger partial charge in [-0.2, -0.15) is 0 Å². The molecular weight excluding hydrogens is 244 g/mol. The highest BCUT2D eigenvalue weighted by atomic mass is 16.2. The van der Waals surface area contributed by atoms with E-state index in [1.54, 1.807) is 12.5 Å². The summed E-state index contributed by atoms with van der Waals surface area (Å²) < 4.78 is 1.93. The highest BCUT2D eigenvalue weighted by Crippen LogP contribution is 2.14. The van der Waals surface area contributed by atoms with Crippen LogP contribution in [0, 0.1) is 6.92 Å². The molecule has 2 N–H and O–H groups in total. The Balaban J connectivity index is 2.10. The van der Waals surface area contributed by atoms with Gasteiger partial charge in [-0.1, -0.05) is 0 Å². The lowest BCUT2D eigenvalue weighted by molar-refractivity contribution is 0.0927. The quantitative estimate of drug-likeness (QED) is 0.871. The van der Waals surface area contributed by atoms with Gasteiger partial charge in [-0.3, -0.25) is 4.79 Å². The average Bonchev–Trinajstić information content (AvgIpc) is 2.96. The molecular formula is C12H18N6O. The van der Waals surface area contributed by atoms with Gasteiger partial charge in [0.15, 0.2) is 11.6 Å². The zero-order valence-corrected chi connectivity index (χ0v) is 11.5. The Bertz CT molecular complexity index is 570. The van der Waals surface area contributed by atoms with Gasteiger partial charge in [0, 0.05) is 17.9 Å². The molecule has 1 atom stereocenters. The molecule has 0 aliphatic heterocycles. The van der Waals surface area contributed by atoms with Gasteiger partial charge in [0.2, 0.25) is 0 Å². The van der Waals surface area contributed by atoms with E-state index < -0.39 is 0 Å². The molecule has 1 unspecified atom stereocenters. The number of aryl methyl sites for hydroxylation is 1. The third-order valence-electron chi connectivity index (χ3n) is 2.81. The smallest absolute Gasteiger partial charge is 0.287 e. The summed E-state index contributed by atoms with van der Waals surface area (Å²) in [6.45, 7) is 7.80. The number of rotatable bonds is 4. The fraction of sp³-hybridized carbons (Fsp3) is 0.500. The Labute approximate surface area is 111 Å². The molecule has 19 heavy (non-hydrogen) atoms. The topological polar surface area (TPSA) is 88.5 Å². The van der Waals surface area contributed by atoms with Gasteiger partial charge in [0.25, 0.3) is 5.91 Å². The van der Waals surface area contributed by atoms with Crippen LogP contribution in [0.2, 0.25) is 0 Å². The van der Waals surface area contributed by atoms with Gasteiger partial charge in [-0.15, -0.1) is 10.2 Å². The van der Waals surface area contributed by atoms with E-state index in [1.807, 2.05) is 32.3 Å². The van der Waals surface area contributed by atoms with E-state index >= 15 is 0 Å². The fourth-order valence-corrected chi connectivity index (χ4v) is 1.82. The van der Waals surface area contributed by atoms with Crippen molar-refractivity contribution in [3.8, 4) is 0 Å². The molecule has 102 valence electrons. The van der Waals surface area contributed by atoms with Crippen LogP contribution < -0.4 is 5.32 Å². The number of nitrogens with zero attached hydrogens (tertiary/aromatic N) is 4. The Morgan fingerprint density at radius 2 is 2.16 bits per heavy atom. The van der Waals surface area contributed by atoms with Crippen molar-refractivity contribution in [3.05, 3.63) is 29.9 Å². The van der Waals surface area contributed by atoms with Crippen molar-refractivity contribution in [1.29, 1.82) is 0 Å². The standard InChI is InChI=1S/C12H18N6O/c1-7(2)18-6-14-17-11(18)9(4)16-12(19)10-13-5-8(3)15-10/h5-7,9H,1-4H3,(H,13,15)(H,16,19). The van der Waals surface area contributed by atoms with Crippen LogP contribution in [0.3, 0.4) is 0 Å². The second-order valence-corrected chi connectivity index (χ2v) is 4.80. The summed E-state index contributed by atoms with van der Waals surface area (Å²) in [6.07, 6.45) is 3.29. The molecule has 2 aromatic rings. The molecule has 0 radical (unpaired) electrons. The van der Waals surface area contributed by atoms with Crippen LogP contribution in [0.15, 0.2) is 12.5 Å². The zero-order chi connectivity index (χ0) is 14.0. The minimum Gasteiger partial charge on any atom is -0.340 e. The van der Waals surface area contributed by atoms with Crippen LogP contribution in [-0.2, 0) is 0 Å². The van der Waals surface area contributed by atoms with Gasteiger partial charge >= 0.3 is 0 Å². The first kappa shape index (κ1) is 13.3. The van der Waals surface area contributed by atoms with E-state index in [1.165, 1.54) is 0 Å². The van der Waals surface area contributed by atoms with Gasteiger partial charge in [0.05, 0.1) is 6.04 Å². The van der Waals surface area contributed by atoms with Crippen LogP contribution in [0.25, 0.3) is 0 Å². The van der Waals surface area contributed by atoms with Gasteiger partial charge in [-0.25, -0.2) is 4.98 Å². The van der Waals surface area contributed by atoms with E-state index in [0.717, 1.165) is 11.5 Å². The summed E-state index contributed by atoms with van der Waals surface area (Å²) in [5.74, 6) is 0.783. The Morgan fingerprint density at radius 1 is 1.42 bits per heavy atom. The van der Waals surface area contributed by atoms with Crippen molar-refractivity contribution in [2.24, 2.45) is 0 Å². The normalized spacial score (nSPS) is 12.7. The second kappa shape index (κ2) is 5.21. The lowest BCUT2D eigenvalue weighted by Gasteiger charge is -2.16. The molecule has 2 heterocycles. The number of nitrogens with one attached hydrogen (secondary N) is 2. The van der Waals surface area contributed by atoms with Crippen LogP contribution in [0.5, 0.6) is 0 Å². The summed E-state index contributed by atoms with van der Waals surface area (Å²) in [5.41, 5.74) is 0.850. The van der Waals surface area contributed by atoms with Crippen molar-refractivity contribution in [1.82, 2.24) is 30.0 Å². The van der Waals surface area contributed by atoms with Gasteiger partial charge in [-0.05, 0) is 27.7 Å². The molecule has 0 aromatic carbocycles. The molecule has 0 aliphatic rings. The molecule has 0 spiro atoms. The predicted molar refractivity (Wildman–Crippen MR) is 69.6 cm³/mol. The van der Waals surface area contributed by atoms with Crippen molar-refractivity contribution in [3.63, 3.8) is 0 Å². The molecule has 7 heteroatoms. The molecule has 7 nitrogen and oxygen atoms in total. The van der Waals surface area contributed by atoms with Crippen LogP contribution >= 0.6 is 0 Å². The number of amides is 1. The van der Waals surface area contributed by atoms with Crippen molar-refractivity contribution in [2.45, 2.75) is 39.8 Å². The summed E-state index contributed by atoms with van der Waals surface area (Å²) in [5, 5.41) is 10.8. The van der Waals surface area contributed by atoms with E-state index in [9.17, 15) is 4.79 Å². The molecule has 2 aromatic heterocycles. The Hall–Kier alpha value is -2.18. The van der Waals surface area contributed by atoms with E-state index in [-0.39, 0.29) is 18.0 Å². The number of H-pyrrole nitrogens is 1. The fourth-order valence-electron chi connectivity index (χ4n) is 1.82. The number of aromatic amines is 1. The lowest BCUT2D eigenvalue weighted by atomic mass is 10.2. The van der Waals surface area contributed by atoms with Crippen molar-refractivity contribution in [2.75, 3.05) is 0 Å². The van der Waals surface area contributed by atoms with Gasteiger partial charge in [0.1, 0.15) is 6.33 Å². The van der Waals surface area contributed by atoms with Gasteiger partial charge < -0.3 is 14.9 Å². The molecule has 0 saturated heterocycles. The van der Waals surface area contributed by atoms with Crippen LogP contribution in [0.4, 0.5) is 0 Å². The zero-order valence-electron chi connectivity index (χ0n) is 11.5. The highest BCUT2D eigenvalue weighted by molar-refractivity contribution is 5.90. The summed E-state index contributed by atoms with van der Waals surface area (Å²) in [7, 11) is 0. The lowest BCUT2D eigenvalue weighted by Crippen LogP contribution is -2.29. The molecule has 0 aliphatic carbocycles. The van der Waals surface area contributed by atoms with Crippen LogP contribution in [-0.4, -0.2) is 30.6 Å². The Morgan fingerprint density at radius 3 is 2.74 bits per heavy atom. The van der Waals surface area contributed by atoms with Crippen molar-refractivity contribution >= 4 is 5.91 Å².